The number of carbonyl (C=O) groups excluding carboxylic acids is 1. The second-order valence-corrected chi connectivity index (χ2v) is 6.32. The van der Waals surface area contributed by atoms with E-state index in [-0.39, 0.29) is 16.4 Å². The fourth-order valence-corrected chi connectivity index (χ4v) is 2.71. The highest BCUT2D eigenvalue weighted by atomic mass is 35.5. The van der Waals surface area contributed by atoms with Crippen LogP contribution in [0.4, 0.5) is 24.5 Å². The summed E-state index contributed by atoms with van der Waals surface area (Å²) >= 11 is 5.63. The van der Waals surface area contributed by atoms with Crippen LogP contribution in [0.2, 0.25) is 5.02 Å². The molecule has 27 heavy (non-hydrogen) atoms. The number of alkyl halides is 3. The van der Waals surface area contributed by atoms with Crippen LogP contribution in [0.1, 0.15) is 12.5 Å². The minimum absolute atomic E-state index is 0.0831. The summed E-state index contributed by atoms with van der Waals surface area (Å²) in [7, 11) is 0. The maximum atomic E-state index is 13.1. The van der Waals surface area contributed by atoms with Gasteiger partial charge in [0.2, 0.25) is 5.91 Å². The molecule has 0 aliphatic heterocycles. The molecule has 0 radical (unpaired) electrons. The molecule has 0 fully saturated rings. The number of aromatic nitrogens is 2. The van der Waals surface area contributed by atoms with E-state index >= 15 is 0 Å². The van der Waals surface area contributed by atoms with Gasteiger partial charge in [-0.05, 0) is 43.3 Å². The van der Waals surface area contributed by atoms with Gasteiger partial charge in [0, 0.05) is 10.7 Å². The van der Waals surface area contributed by atoms with E-state index in [4.69, 9.17) is 11.6 Å². The van der Waals surface area contributed by atoms with Gasteiger partial charge in [0.15, 0.2) is 0 Å². The number of fused-ring (bicyclic) bond motifs is 1. The number of rotatable bonds is 4. The molecule has 3 rings (SSSR count). The van der Waals surface area contributed by atoms with Crippen LogP contribution in [0.5, 0.6) is 0 Å². The van der Waals surface area contributed by atoms with Crippen molar-refractivity contribution in [3.05, 3.63) is 57.5 Å². The van der Waals surface area contributed by atoms with Gasteiger partial charge in [0.05, 0.1) is 22.3 Å². The highest BCUT2D eigenvalue weighted by molar-refractivity contribution is 6.30. The first-order chi connectivity index (χ1) is 12.6. The fourth-order valence-electron chi connectivity index (χ4n) is 2.54. The Bertz CT molecular complexity index is 1060. The average molecular weight is 399 g/mol. The van der Waals surface area contributed by atoms with Crippen LogP contribution in [0.3, 0.4) is 0 Å². The third-order valence-electron chi connectivity index (χ3n) is 3.84. The summed E-state index contributed by atoms with van der Waals surface area (Å²) in [6.07, 6.45) is -4.66. The Morgan fingerprint density at radius 1 is 1.11 bits per heavy atom. The van der Waals surface area contributed by atoms with Crippen LogP contribution in [0, 0.1) is 0 Å². The van der Waals surface area contributed by atoms with E-state index < -0.39 is 23.7 Å². The number of H-pyrrole nitrogens is 2. The number of carbonyl (C=O) groups is 1. The lowest BCUT2D eigenvalue weighted by molar-refractivity contribution is -0.137. The number of hydrogen-bond acceptors (Lipinski definition) is 3. The first-order valence-electron chi connectivity index (χ1n) is 7.79. The highest BCUT2D eigenvalue weighted by Crippen LogP contribution is 2.36. The number of imidazole rings is 1. The number of hydrogen-bond donors (Lipinski definition) is 4. The lowest BCUT2D eigenvalue weighted by Crippen LogP contribution is -2.32. The summed E-state index contributed by atoms with van der Waals surface area (Å²) in [5.74, 6) is -0.662. The number of aromatic amines is 2. The molecular formula is C17H14ClF3N4O2. The molecule has 1 atom stereocenters. The third kappa shape index (κ3) is 4.25. The molecule has 1 amide bonds. The molecule has 0 spiro atoms. The zero-order valence-corrected chi connectivity index (χ0v) is 14.6. The first-order valence-corrected chi connectivity index (χ1v) is 8.17. The number of benzene rings is 2. The maximum absolute atomic E-state index is 13.1. The Balaban J connectivity index is 1.76. The molecule has 0 bridgehead atoms. The van der Waals surface area contributed by atoms with Crippen molar-refractivity contribution in [1.82, 2.24) is 9.97 Å². The average Bonchev–Trinajstić information content (AvgIpc) is 2.94. The zero-order valence-electron chi connectivity index (χ0n) is 13.9. The molecule has 1 heterocycles. The smallest absolute Gasteiger partial charge is 0.374 e. The van der Waals surface area contributed by atoms with Crippen LogP contribution >= 0.6 is 11.6 Å². The van der Waals surface area contributed by atoms with Crippen molar-refractivity contribution in [2.75, 3.05) is 10.6 Å². The lowest BCUT2D eigenvalue weighted by Gasteiger charge is -2.18. The van der Waals surface area contributed by atoms with Gasteiger partial charge in [0.25, 0.3) is 0 Å². The number of amides is 1. The van der Waals surface area contributed by atoms with E-state index in [2.05, 4.69) is 20.6 Å². The predicted molar refractivity (Wildman–Crippen MR) is 97.1 cm³/mol. The second kappa shape index (κ2) is 6.99. The van der Waals surface area contributed by atoms with Gasteiger partial charge in [0.1, 0.15) is 6.04 Å². The molecule has 0 saturated carbocycles. The van der Waals surface area contributed by atoms with E-state index in [1.54, 1.807) is 18.2 Å². The summed E-state index contributed by atoms with van der Waals surface area (Å²) < 4.78 is 39.4. The molecule has 0 aliphatic carbocycles. The topological polar surface area (TPSA) is 89.8 Å². The molecule has 1 unspecified atom stereocenters. The van der Waals surface area contributed by atoms with Crippen LogP contribution in [0.25, 0.3) is 11.0 Å². The van der Waals surface area contributed by atoms with Gasteiger partial charge < -0.3 is 20.6 Å². The largest absolute Gasteiger partial charge is 0.418 e. The van der Waals surface area contributed by atoms with Crippen LogP contribution in [-0.4, -0.2) is 21.9 Å². The molecular weight excluding hydrogens is 385 g/mol. The summed E-state index contributed by atoms with van der Waals surface area (Å²) in [5, 5.41) is 5.06. The number of nitrogens with one attached hydrogen (secondary N) is 4. The minimum atomic E-state index is -4.66. The van der Waals surface area contributed by atoms with Gasteiger partial charge in [-0.1, -0.05) is 11.6 Å². The quantitative estimate of drug-likeness (QED) is 0.536. The molecule has 2 aromatic carbocycles. The molecule has 4 N–H and O–H groups in total. The second-order valence-electron chi connectivity index (χ2n) is 5.88. The van der Waals surface area contributed by atoms with E-state index in [1.807, 2.05) is 0 Å². The summed E-state index contributed by atoms with van der Waals surface area (Å²) in [6.45, 7) is 1.50. The van der Waals surface area contributed by atoms with Gasteiger partial charge in [-0.2, -0.15) is 13.2 Å². The van der Waals surface area contributed by atoms with Crippen LogP contribution in [-0.2, 0) is 11.0 Å². The van der Waals surface area contributed by atoms with Gasteiger partial charge >= 0.3 is 11.9 Å². The Kier molecular flexibility index (Phi) is 4.88. The van der Waals surface area contributed by atoms with E-state index in [0.29, 0.717) is 16.7 Å². The standard InChI is InChI=1S/C17H14ClF3N4O2/c1-8(22-10-3-5-13-14(7-10)25-16(27)24-13)15(26)23-12-4-2-9(18)6-11(12)17(19,20)21/h2-8,22H,1H3,(H,23,26)(H2,24,25,27). The molecule has 1 aromatic heterocycles. The zero-order chi connectivity index (χ0) is 19.8. The molecule has 0 aliphatic rings. The van der Waals surface area contributed by atoms with E-state index in [0.717, 1.165) is 12.1 Å². The van der Waals surface area contributed by atoms with Crippen LogP contribution in [0.15, 0.2) is 41.2 Å². The van der Waals surface area contributed by atoms with E-state index in [1.165, 1.54) is 13.0 Å². The number of anilines is 2. The minimum Gasteiger partial charge on any atom is -0.374 e. The molecule has 10 heteroatoms. The first kappa shape index (κ1) is 18.8. The fraction of sp³-hybridized carbons (Fsp3) is 0.176. The Morgan fingerprint density at radius 3 is 2.52 bits per heavy atom. The normalized spacial score (nSPS) is 12.8. The van der Waals surface area contributed by atoms with Crippen molar-refractivity contribution >= 4 is 39.9 Å². The summed E-state index contributed by atoms with van der Waals surface area (Å²) in [4.78, 5) is 28.7. The van der Waals surface area contributed by atoms with Crippen molar-refractivity contribution in [3.8, 4) is 0 Å². The Morgan fingerprint density at radius 2 is 1.81 bits per heavy atom. The molecule has 0 saturated heterocycles. The Hall–Kier alpha value is -2.94. The third-order valence-corrected chi connectivity index (χ3v) is 4.07. The number of halogens is 4. The molecule has 3 aromatic rings. The highest BCUT2D eigenvalue weighted by Gasteiger charge is 2.34. The summed E-state index contributed by atoms with van der Waals surface area (Å²) in [6, 6.07) is 7.17. The Labute approximate surface area is 155 Å². The van der Waals surface area contributed by atoms with Crippen molar-refractivity contribution in [3.63, 3.8) is 0 Å². The monoisotopic (exact) mass is 398 g/mol. The SMILES string of the molecule is CC(Nc1ccc2[nH]c(=O)[nH]c2c1)C(=O)Nc1ccc(Cl)cc1C(F)(F)F. The van der Waals surface area contributed by atoms with Gasteiger partial charge in [-0.15, -0.1) is 0 Å². The van der Waals surface area contributed by atoms with Crippen molar-refractivity contribution in [2.24, 2.45) is 0 Å². The van der Waals surface area contributed by atoms with Gasteiger partial charge in [-0.3, -0.25) is 4.79 Å². The van der Waals surface area contributed by atoms with Crippen molar-refractivity contribution < 1.29 is 18.0 Å². The van der Waals surface area contributed by atoms with E-state index in [9.17, 15) is 22.8 Å². The van der Waals surface area contributed by atoms with Gasteiger partial charge in [-0.25, -0.2) is 4.79 Å². The summed E-state index contributed by atoms with van der Waals surface area (Å²) in [5.41, 5.74) is -0.117. The molecule has 6 nitrogen and oxygen atoms in total. The van der Waals surface area contributed by atoms with Crippen LogP contribution < -0.4 is 16.3 Å². The van der Waals surface area contributed by atoms with Crippen molar-refractivity contribution in [1.29, 1.82) is 0 Å². The lowest BCUT2D eigenvalue weighted by atomic mass is 10.1. The maximum Gasteiger partial charge on any atom is 0.418 e. The molecule has 142 valence electrons. The van der Waals surface area contributed by atoms with Crippen molar-refractivity contribution in [2.45, 2.75) is 19.1 Å². The predicted octanol–water partition coefficient (Wildman–Crippen LogP) is 3.97.